The minimum atomic E-state index is -1.32. The maximum Gasteiger partial charge on any atom is 0.360 e. The van der Waals surface area contributed by atoms with Crippen molar-refractivity contribution in [3.63, 3.8) is 0 Å². The number of nitrogens with zero attached hydrogens (tertiary/aromatic N) is 2. The van der Waals surface area contributed by atoms with E-state index in [1.165, 1.54) is 18.2 Å². The van der Waals surface area contributed by atoms with E-state index >= 15 is 0 Å². The summed E-state index contributed by atoms with van der Waals surface area (Å²) in [5.74, 6) is 1.03. The number of amides is 1. The van der Waals surface area contributed by atoms with Crippen LogP contribution in [0.3, 0.4) is 0 Å². The molecule has 0 aliphatic heterocycles. The SMILES string of the molecule is C#CCON=C(C(=O)O)c1cccc(NC=O)n1. The zero-order valence-corrected chi connectivity index (χ0v) is 9.16. The van der Waals surface area contributed by atoms with Crippen molar-refractivity contribution in [2.45, 2.75) is 0 Å². The normalized spacial score (nSPS) is 10.3. The molecule has 0 bridgehead atoms. The summed E-state index contributed by atoms with van der Waals surface area (Å²) in [6.45, 7) is -0.150. The minimum absolute atomic E-state index is 0.0476. The maximum absolute atomic E-state index is 11.0. The summed E-state index contributed by atoms with van der Waals surface area (Å²) >= 11 is 0. The van der Waals surface area contributed by atoms with Gasteiger partial charge in [0.25, 0.3) is 0 Å². The van der Waals surface area contributed by atoms with Crippen molar-refractivity contribution in [1.29, 1.82) is 0 Å². The summed E-state index contributed by atoms with van der Waals surface area (Å²) in [7, 11) is 0. The predicted molar refractivity (Wildman–Crippen MR) is 62.9 cm³/mol. The van der Waals surface area contributed by atoms with Gasteiger partial charge in [-0.15, -0.1) is 6.42 Å². The fourth-order valence-electron chi connectivity index (χ4n) is 1.04. The van der Waals surface area contributed by atoms with Crippen molar-refractivity contribution in [3.8, 4) is 12.3 Å². The van der Waals surface area contributed by atoms with Gasteiger partial charge >= 0.3 is 5.97 Å². The lowest BCUT2D eigenvalue weighted by Crippen LogP contribution is -2.17. The van der Waals surface area contributed by atoms with Gasteiger partial charge in [-0.05, 0) is 12.1 Å². The van der Waals surface area contributed by atoms with Crippen molar-refractivity contribution in [2.75, 3.05) is 11.9 Å². The number of aliphatic carboxylic acids is 1. The predicted octanol–water partition coefficient (Wildman–Crippen LogP) is 0.0884. The van der Waals surface area contributed by atoms with Gasteiger partial charge in [-0.2, -0.15) is 0 Å². The second-order valence-corrected chi connectivity index (χ2v) is 2.89. The summed E-state index contributed by atoms with van der Waals surface area (Å²) in [5.41, 5.74) is -0.355. The molecule has 2 N–H and O–H groups in total. The number of terminal acetylenes is 1. The molecule has 0 radical (unpaired) electrons. The van der Waals surface area contributed by atoms with E-state index in [9.17, 15) is 9.59 Å². The Morgan fingerprint density at radius 3 is 3.06 bits per heavy atom. The lowest BCUT2D eigenvalue weighted by atomic mass is 10.2. The minimum Gasteiger partial charge on any atom is -0.476 e. The Balaban J connectivity index is 3.02. The van der Waals surface area contributed by atoms with Crippen LogP contribution in [0.4, 0.5) is 5.82 Å². The molecule has 1 aromatic rings. The molecule has 0 aliphatic rings. The standard InChI is InChI=1S/C11H9N3O4/c1-2-6-18-14-10(11(16)17)8-4-3-5-9(13-8)12-7-15/h1,3-5,7H,6H2,(H,16,17)(H,12,13,15). The second kappa shape index (κ2) is 6.65. The number of hydrogen-bond donors (Lipinski definition) is 2. The molecule has 0 fully saturated rings. The molecule has 7 nitrogen and oxygen atoms in total. The molecule has 0 unspecified atom stereocenters. The van der Waals surface area contributed by atoms with Gasteiger partial charge in [-0.25, -0.2) is 9.78 Å². The molecular weight excluding hydrogens is 238 g/mol. The van der Waals surface area contributed by atoms with E-state index < -0.39 is 11.7 Å². The summed E-state index contributed by atoms with van der Waals surface area (Å²) in [4.78, 5) is 29.7. The molecule has 0 atom stereocenters. The third kappa shape index (κ3) is 3.61. The highest BCUT2D eigenvalue weighted by molar-refractivity contribution is 6.41. The first-order valence-corrected chi connectivity index (χ1v) is 4.73. The molecule has 0 aliphatic carbocycles. The average Bonchev–Trinajstić information content (AvgIpc) is 2.35. The van der Waals surface area contributed by atoms with Crippen molar-refractivity contribution in [1.82, 2.24) is 4.98 Å². The van der Waals surface area contributed by atoms with Crippen LogP contribution in [0.25, 0.3) is 0 Å². The molecule has 18 heavy (non-hydrogen) atoms. The van der Waals surface area contributed by atoms with Crippen LogP contribution in [0.5, 0.6) is 0 Å². The molecule has 92 valence electrons. The van der Waals surface area contributed by atoms with E-state index in [4.69, 9.17) is 11.5 Å². The number of rotatable bonds is 6. The van der Waals surface area contributed by atoms with Crippen LogP contribution in [0.1, 0.15) is 5.69 Å². The highest BCUT2D eigenvalue weighted by Gasteiger charge is 2.15. The van der Waals surface area contributed by atoms with Crippen LogP contribution in [0.2, 0.25) is 0 Å². The van der Waals surface area contributed by atoms with Crippen molar-refractivity contribution < 1.29 is 19.5 Å². The third-order valence-electron chi connectivity index (χ3n) is 1.70. The van der Waals surface area contributed by atoms with Gasteiger partial charge in [0, 0.05) is 0 Å². The van der Waals surface area contributed by atoms with E-state index in [0.717, 1.165) is 0 Å². The van der Waals surface area contributed by atoms with Crippen LogP contribution in [-0.4, -0.2) is 34.8 Å². The Morgan fingerprint density at radius 1 is 1.67 bits per heavy atom. The van der Waals surface area contributed by atoms with E-state index in [-0.39, 0.29) is 18.1 Å². The molecular formula is C11H9N3O4. The van der Waals surface area contributed by atoms with Crippen LogP contribution in [0.15, 0.2) is 23.4 Å². The van der Waals surface area contributed by atoms with Crippen LogP contribution < -0.4 is 5.32 Å². The number of oxime groups is 1. The number of aromatic nitrogens is 1. The highest BCUT2D eigenvalue weighted by Crippen LogP contribution is 2.06. The number of hydrogen-bond acceptors (Lipinski definition) is 5. The Kier molecular flexibility index (Phi) is 4.87. The molecule has 0 saturated carbocycles. The van der Waals surface area contributed by atoms with Crippen molar-refractivity contribution >= 4 is 23.9 Å². The molecule has 1 amide bonds. The monoisotopic (exact) mass is 247 g/mol. The Labute approximate surface area is 102 Å². The number of anilines is 1. The molecule has 1 heterocycles. The number of carbonyl (C=O) groups is 2. The topological polar surface area (TPSA) is 101 Å². The first-order chi connectivity index (χ1) is 8.69. The summed E-state index contributed by atoms with van der Waals surface area (Å²) in [5, 5.41) is 14.6. The third-order valence-corrected chi connectivity index (χ3v) is 1.70. The quantitative estimate of drug-likeness (QED) is 0.244. The van der Waals surface area contributed by atoms with Gasteiger partial charge in [0.1, 0.15) is 11.5 Å². The van der Waals surface area contributed by atoms with Crippen molar-refractivity contribution in [3.05, 3.63) is 23.9 Å². The molecule has 0 spiro atoms. The van der Waals surface area contributed by atoms with E-state index in [2.05, 4.69) is 26.2 Å². The number of pyridine rings is 1. The van der Waals surface area contributed by atoms with Gasteiger partial charge in [-0.3, -0.25) is 4.79 Å². The first-order valence-electron chi connectivity index (χ1n) is 4.73. The fraction of sp³-hybridized carbons (Fsp3) is 0.0909. The Hall–Kier alpha value is -2.88. The van der Waals surface area contributed by atoms with Gasteiger partial charge in [0.2, 0.25) is 12.1 Å². The molecule has 7 heteroatoms. The van der Waals surface area contributed by atoms with Gasteiger partial charge in [0.05, 0.1) is 0 Å². The fourth-order valence-corrected chi connectivity index (χ4v) is 1.04. The van der Waals surface area contributed by atoms with Gasteiger partial charge < -0.3 is 15.3 Å². The zero-order valence-electron chi connectivity index (χ0n) is 9.16. The number of carboxylic acids is 1. The lowest BCUT2D eigenvalue weighted by Gasteiger charge is -2.03. The van der Waals surface area contributed by atoms with Crippen LogP contribution >= 0.6 is 0 Å². The summed E-state index contributed by atoms with van der Waals surface area (Å²) < 4.78 is 0. The number of carboxylic acid groups (broad SMARTS) is 1. The first kappa shape index (κ1) is 13.2. The van der Waals surface area contributed by atoms with Gasteiger partial charge in [0.15, 0.2) is 6.61 Å². The number of carbonyl (C=O) groups excluding carboxylic acids is 1. The summed E-state index contributed by atoms with van der Waals surface area (Å²) in [6, 6.07) is 4.44. The molecule has 1 rings (SSSR count). The zero-order chi connectivity index (χ0) is 13.4. The smallest absolute Gasteiger partial charge is 0.360 e. The average molecular weight is 247 g/mol. The van der Waals surface area contributed by atoms with Crippen LogP contribution in [0, 0.1) is 12.3 Å². The van der Waals surface area contributed by atoms with E-state index in [1.54, 1.807) is 0 Å². The highest BCUT2D eigenvalue weighted by atomic mass is 16.6. The second-order valence-electron chi connectivity index (χ2n) is 2.89. The molecule has 0 aromatic carbocycles. The Bertz CT molecular complexity index is 519. The lowest BCUT2D eigenvalue weighted by molar-refractivity contribution is -0.129. The summed E-state index contributed by atoms with van der Waals surface area (Å²) in [6.07, 6.45) is 5.37. The molecule has 0 saturated heterocycles. The Morgan fingerprint density at radius 2 is 2.44 bits per heavy atom. The molecule has 1 aromatic heterocycles. The van der Waals surface area contributed by atoms with Gasteiger partial charge in [-0.1, -0.05) is 17.1 Å². The van der Waals surface area contributed by atoms with Crippen LogP contribution in [-0.2, 0) is 14.4 Å². The maximum atomic E-state index is 11.0. The largest absolute Gasteiger partial charge is 0.476 e. The van der Waals surface area contributed by atoms with Crippen molar-refractivity contribution in [2.24, 2.45) is 5.16 Å². The van der Waals surface area contributed by atoms with E-state index in [0.29, 0.717) is 6.41 Å². The van der Waals surface area contributed by atoms with E-state index in [1.807, 2.05) is 0 Å². The number of nitrogens with one attached hydrogen (secondary N) is 1.